The van der Waals surface area contributed by atoms with Crippen LogP contribution in [0.15, 0.2) is 36.4 Å². The van der Waals surface area contributed by atoms with Gasteiger partial charge in [-0.3, -0.25) is 4.79 Å². The number of rotatable bonds is 4. The van der Waals surface area contributed by atoms with Crippen LogP contribution in [0.1, 0.15) is 33.6 Å². The molecule has 0 aromatic heterocycles. The van der Waals surface area contributed by atoms with Crippen molar-refractivity contribution in [3.63, 3.8) is 0 Å². The quantitative estimate of drug-likeness (QED) is 0.667. The third kappa shape index (κ3) is 3.20. The predicted molar refractivity (Wildman–Crippen MR) is 93.4 cm³/mol. The lowest BCUT2D eigenvalue weighted by molar-refractivity contribution is 0.0699. The summed E-state index contributed by atoms with van der Waals surface area (Å²) in [6, 6.07) is 10.4. The van der Waals surface area contributed by atoms with E-state index < -0.39 is 13.0 Å². The van der Waals surface area contributed by atoms with Crippen molar-refractivity contribution >= 4 is 29.6 Å². The van der Waals surface area contributed by atoms with Crippen LogP contribution in [0.4, 0.5) is 0 Å². The molecule has 2 aromatic carbocycles. The monoisotopic (exact) mass is 325 g/mol. The molecule has 1 fully saturated rings. The standard InChI is InChI=1S/C18H20BNO4/c1-19(24)20-8-4-6-13(11-20)17(21)14-9-12-5-2-3-7-15(12)16(10-14)18(22)23/h2-3,5,7,9-10,13,24H,4,6,8,11H2,1H3,(H,22,23). The minimum Gasteiger partial charge on any atom is -0.478 e. The van der Waals surface area contributed by atoms with Crippen molar-refractivity contribution in [2.24, 2.45) is 5.92 Å². The summed E-state index contributed by atoms with van der Waals surface area (Å²) in [5, 5.41) is 20.6. The predicted octanol–water partition coefficient (Wildman–Crippen LogP) is 2.54. The number of carbonyl (C=O) groups is 2. The summed E-state index contributed by atoms with van der Waals surface area (Å²) in [7, 11) is -0.577. The van der Waals surface area contributed by atoms with Crippen LogP contribution in [0.2, 0.25) is 6.82 Å². The number of Topliss-reactive ketones (excluding diaryl/α,β-unsaturated/α-hetero) is 1. The molecule has 124 valence electrons. The third-order valence-electron chi connectivity index (χ3n) is 4.73. The van der Waals surface area contributed by atoms with E-state index in [9.17, 15) is 19.7 Å². The molecule has 6 heteroatoms. The van der Waals surface area contributed by atoms with E-state index in [2.05, 4.69) is 0 Å². The molecule has 1 aliphatic heterocycles. The summed E-state index contributed by atoms with van der Waals surface area (Å²) in [6.07, 6.45) is 1.61. The number of piperidine rings is 1. The number of carbonyl (C=O) groups excluding carboxylic acids is 1. The summed E-state index contributed by atoms with van der Waals surface area (Å²) in [4.78, 5) is 26.3. The van der Waals surface area contributed by atoms with E-state index in [0.29, 0.717) is 17.5 Å². The van der Waals surface area contributed by atoms with Gasteiger partial charge in [0.25, 0.3) is 0 Å². The van der Waals surface area contributed by atoms with Gasteiger partial charge in [-0.2, -0.15) is 0 Å². The Labute approximate surface area is 141 Å². The summed E-state index contributed by atoms with van der Waals surface area (Å²) < 4.78 is 0. The third-order valence-corrected chi connectivity index (χ3v) is 4.73. The normalized spacial score (nSPS) is 18.5. The van der Waals surface area contributed by atoms with Gasteiger partial charge < -0.3 is 14.9 Å². The Kier molecular flexibility index (Phi) is 4.69. The van der Waals surface area contributed by atoms with Gasteiger partial charge in [0.2, 0.25) is 0 Å². The molecule has 3 rings (SSSR count). The fraction of sp³-hybridized carbons (Fsp3) is 0.333. The molecule has 0 spiro atoms. The first-order valence-corrected chi connectivity index (χ1v) is 8.20. The van der Waals surface area contributed by atoms with Crippen LogP contribution in [-0.4, -0.2) is 46.8 Å². The topological polar surface area (TPSA) is 77.8 Å². The summed E-state index contributed by atoms with van der Waals surface area (Å²) in [5.41, 5.74) is 0.586. The minimum atomic E-state index is -1.03. The number of hydrogen-bond donors (Lipinski definition) is 2. The lowest BCUT2D eigenvalue weighted by Crippen LogP contribution is -2.46. The van der Waals surface area contributed by atoms with Crippen molar-refractivity contribution in [2.45, 2.75) is 19.7 Å². The zero-order valence-corrected chi connectivity index (χ0v) is 13.6. The Balaban J connectivity index is 1.96. The fourth-order valence-electron chi connectivity index (χ4n) is 3.43. The zero-order chi connectivity index (χ0) is 17.3. The van der Waals surface area contributed by atoms with Crippen molar-refractivity contribution in [3.8, 4) is 0 Å². The van der Waals surface area contributed by atoms with E-state index in [1.165, 1.54) is 6.07 Å². The lowest BCUT2D eigenvalue weighted by atomic mass is 9.79. The Morgan fingerprint density at radius 2 is 2.00 bits per heavy atom. The van der Waals surface area contributed by atoms with Crippen molar-refractivity contribution in [1.29, 1.82) is 0 Å². The smallest absolute Gasteiger partial charge is 0.376 e. The highest BCUT2D eigenvalue weighted by Gasteiger charge is 2.30. The van der Waals surface area contributed by atoms with Gasteiger partial charge in [0.15, 0.2) is 5.78 Å². The molecule has 1 saturated heterocycles. The van der Waals surface area contributed by atoms with Gasteiger partial charge in [-0.05, 0) is 55.7 Å². The number of fused-ring (bicyclic) bond motifs is 1. The average Bonchev–Trinajstić information content (AvgIpc) is 2.60. The minimum absolute atomic E-state index is 0.0476. The Morgan fingerprint density at radius 1 is 1.25 bits per heavy atom. The Hall–Kier alpha value is -2.18. The maximum Gasteiger partial charge on any atom is 0.376 e. The van der Waals surface area contributed by atoms with Gasteiger partial charge in [-0.15, -0.1) is 0 Å². The highest BCUT2D eigenvalue weighted by atomic mass is 16.4. The van der Waals surface area contributed by atoms with Crippen LogP contribution in [-0.2, 0) is 0 Å². The number of nitrogens with zero attached hydrogens (tertiary/aromatic N) is 1. The largest absolute Gasteiger partial charge is 0.478 e. The summed E-state index contributed by atoms with van der Waals surface area (Å²) in [5.74, 6) is -1.29. The number of carboxylic acids is 1. The maximum atomic E-state index is 12.9. The van der Waals surface area contributed by atoms with Gasteiger partial charge in [0.1, 0.15) is 0 Å². The number of benzene rings is 2. The first-order chi connectivity index (χ1) is 11.5. The van der Waals surface area contributed by atoms with E-state index in [1.807, 2.05) is 16.9 Å². The summed E-state index contributed by atoms with van der Waals surface area (Å²) >= 11 is 0. The first kappa shape index (κ1) is 16.7. The molecule has 1 unspecified atom stereocenters. The molecule has 1 heterocycles. The van der Waals surface area contributed by atoms with E-state index in [4.69, 9.17) is 0 Å². The molecule has 0 saturated carbocycles. The molecular formula is C18H20BNO4. The lowest BCUT2D eigenvalue weighted by Gasteiger charge is -2.32. The number of ketones is 1. The second kappa shape index (κ2) is 6.75. The second-order valence-corrected chi connectivity index (χ2v) is 6.38. The van der Waals surface area contributed by atoms with Gasteiger partial charge >= 0.3 is 13.0 Å². The molecule has 24 heavy (non-hydrogen) atoms. The molecule has 0 bridgehead atoms. The van der Waals surface area contributed by atoms with E-state index in [1.54, 1.807) is 25.0 Å². The number of carboxylic acid groups (broad SMARTS) is 1. The maximum absolute atomic E-state index is 12.9. The van der Waals surface area contributed by atoms with Crippen molar-refractivity contribution < 1.29 is 19.7 Å². The van der Waals surface area contributed by atoms with Crippen LogP contribution >= 0.6 is 0 Å². The molecule has 2 aromatic rings. The molecule has 5 nitrogen and oxygen atoms in total. The average molecular weight is 325 g/mol. The second-order valence-electron chi connectivity index (χ2n) is 6.38. The highest BCUT2D eigenvalue weighted by Crippen LogP contribution is 2.26. The zero-order valence-electron chi connectivity index (χ0n) is 13.6. The van der Waals surface area contributed by atoms with Gasteiger partial charge in [0, 0.05) is 11.5 Å². The molecule has 0 amide bonds. The molecule has 1 aliphatic rings. The van der Waals surface area contributed by atoms with E-state index in [-0.39, 0.29) is 17.3 Å². The van der Waals surface area contributed by atoms with Crippen LogP contribution in [0, 0.1) is 5.92 Å². The van der Waals surface area contributed by atoms with Crippen LogP contribution < -0.4 is 0 Å². The molecule has 1 atom stereocenters. The van der Waals surface area contributed by atoms with Gasteiger partial charge in [-0.1, -0.05) is 24.3 Å². The van der Waals surface area contributed by atoms with Gasteiger partial charge in [0.05, 0.1) is 5.56 Å². The summed E-state index contributed by atoms with van der Waals surface area (Å²) in [6.45, 7) is 2.98. The number of aromatic carboxylic acids is 1. The molecule has 2 N–H and O–H groups in total. The van der Waals surface area contributed by atoms with Crippen molar-refractivity contribution in [1.82, 2.24) is 4.81 Å². The molecule has 0 radical (unpaired) electrons. The molecule has 0 aliphatic carbocycles. The van der Waals surface area contributed by atoms with Crippen LogP contribution in [0.3, 0.4) is 0 Å². The van der Waals surface area contributed by atoms with Crippen molar-refractivity contribution in [2.75, 3.05) is 13.1 Å². The van der Waals surface area contributed by atoms with Crippen molar-refractivity contribution in [3.05, 3.63) is 47.5 Å². The first-order valence-electron chi connectivity index (χ1n) is 8.20. The SMILES string of the molecule is CB(O)N1CCCC(C(=O)c2cc(C(=O)O)c3ccccc3c2)C1. The van der Waals surface area contributed by atoms with Crippen LogP contribution in [0.25, 0.3) is 10.8 Å². The highest BCUT2D eigenvalue weighted by molar-refractivity contribution is 6.45. The molecular weight excluding hydrogens is 305 g/mol. The Bertz CT molecular complexity index is 790. The van der Waals surface area contributed by atoms with E-state index in [0.717, 1.165) is 24.8 Å². The Morgan fingerprint density at radius 3 is 2.71 bits per heavy atom. The van der Waals surface area contributed by atoms with Crippen LogP contribution in [0.5, 0.6) is 0 Å². The number of hydrogen-bond acceptors (Lipinski definition) is 4. The fourth-order valence-corrected chi connectivity index (χ4v) is 3.43. The van der Waals surface area contributed by atoms with Gasteiger partial charge in [-0.25, -0.2) is 4.79 Å². The van der Waals surface area contributed by atoms with E-state index >= 15 is 0 Å².